The molecule has 0 heterocycles. The Morgan fingerprint density at radius 3 is 2.29 bits per heavy atom. The second-order valence-corrected chi connectivity index (χ2v) is 5.37. The Bertz CT molecular complexity index is 716. The molecular formula is C20H21NO3. The van der Waals surface area contributed by atoms with Crippen molar-refractivity contribution in [2.75, 3.05) is 11.9 Å². The summed E-state index contributed by atoms with van der Waals surface area (Å²) in [5, 5.41) is 2.76. The molecule has 0 saturated heterocycles. The number of ketones is 1. The second-order valence-electron chi connectivity index (χ2n) is 5.37. The smallest absolute Gasteiger partial charge is 0.248 e. The highest BCUT2D eigenvalue weighted by Crippen LogP contribution is 2.14. The lowest BCUT2D eigenvalue weighted by atomic mass is 10.1. The van der Waals surface area contributed by atoms with Crippen LogP contribution >= 0.6 is 0 Å². The van der Waals surface area contributed by atoms with Gasteiger partial charge >= 0.3 is 0 Å². The number of hydrogen-bond acceptors (Lipinski definition) is 3. The summed E-state index contributed by atoms with van der Waals surface area (Å²) >= 11 is 0. The lowest BCUT2D eigenvalue weighted by molar-refractivity contribution is -0.111. The van der Waals surface area contributed by atoms with Crippen LogP contribution in [0.1, 0.15) is 36.2 Å². The standard InChI is InChI=1S/C20H21NO3/c1-3-14-24-19-11-4-16(5-12-19)6-13-20(23)21-18-9-7-17(8-10-18)15(2)22/h4-13H,3,14H2,1-2H3,(H,21,23). The summed E-state index contributed by atoms with van der Waals surface area (Å²) in [6, 6.07) is 14.4. The van der Waals surface area contributed by atoms with E-state index in [1.54, 1.807) is 30.3 Å². The van der Waals surface area contributed by atoms with E-state index < -0.39 is 0 Å². The van der Waals surface area contributed by atoms with Crippen molar-refractivity contribution in [3.63, 3.8) is 0 Å². The second kappa shape index (κ2) is 8.67. The zero-order chi connectivity index (χ0) is 17.4. The van der Waals surface area contributed by atoms with E-state index in [1.165, 1.54) is 13.0 Å². The van der Waals surface area contributed by atoms with Crippen LogP contribution in [0.3, 0.4) is 0 Å². The summed E-state index contributed by atoms with van der Waals surface area (Å²) in [5.41, 5.74) is 2.19. The van der Waals surface area contributed by atoms with E-state index in [9.17, 15) is 9.59 Å². The van der Waals surface area contributed by atoms with Crippen LogP contribution in [0.25, 0.3) is 6.08 Å². The lowest BCUT2D eigenvalue weighted by Gasteiger charge is -2.04. The fraction of sp³-hybridized carbons (Fsp3) is 0.200. The first-order valence-electron chi connectivity index (χ1n) is 7.91. The van der Waals surface area contributed by atoms with Gasteiger partial charge in [0.15, 0.2) is 5.78 Å². The fourth-order valence-electron chi connectivity index (χ4n) is 2.04. The fourth-order valence-corrected chi connectivity index (χ4v) is 2.04. The van der Waals surface area contributed by atoms with E-state index in [-0.39, 0.29) is 11.7 Å². The molecule has 2 aromatic rings. The number of rotatable bonds is 7. The van der Waals surface area contributed by atoms with Crippen LogP contribution in [0.4, 0.5) is 5.69 Å². The Labute approximate surface area is 142 Å². The molecule has 0 bridgehead atoms. The Morgan fingerprint density at radius 2 is 1.71 bits per heavy atom. The monoisotopic (exact) mass is 323 g/mol. The minimum Gasteiger partial charge on any atom is -0.494 e. The van der Waals surface area contributed by atoms with Crippen LogP contribution in [0.15, 0.2) is 54.6 Å². The number of ether oxygens (including phenoxy) is 1. The van der Waals surface area contributed by atoms with Gasteiger partial charge in [-0.05, 0) is 61.4 Å². The number of hydrogen-bond donors (Lipinski definition) is 1. The molecule has 1 N–H and O–H groups in total. The average molecular weight is 323 g/mol. The predicted octanol–water partition coefficient (Wildman–Crippen LogP) is 4.33. The molecule has 4 nitrogen and oxygen atoms in total. The Hall–Kier alpha value is -2.88. The van der Waals surface area contributed by atoms with Gasteiger partial charge in [0.25, 0.3) is 0 Å². The lowest BCUT2D eigenvalue weighted by Crippen LogP contribution is -2.07. The molecule has 2 rings (SSSR count). The highest BCUT2D eigenvalue weighted by molar-refractivity contribution is 6.02. The number of carbonyl (C=O) groups is 2. The van der Waals surface area contributed by atoms with Crippen LogP contribution in [0, 0.1) is 0 Å². The van der Waals surface area contributed by atoms with Crippen molar-refractivity contribution in [3.8, 4) is 5.75 Å². The van der Waals surface area contributed by atoms with E-state index in [0.29, 0.717) is 17.9 Å². The van der Waals surface area contributed by atoms with Crippen molar-refractivity contribution in [1.82, 2.24) is 0 Å². The van der Waals surface area contributed by atoms with E-state index in [1.807, 2.05) is 24.3 Å². The molecular weight excluding hydrogens is 302 g/mol. The van der Waals surface area contributed by atoms with E-state index in [2.05, 4.69) is 12.2 Å². The number of carbonyl (C=O) groups excluding carboxylic acids is 2. The van der Waals surface area contributed by atoms with Crippen molar-refractivity contribution in [1.29, 1.82) is 0 Å². The first-order valence-corrected chi connectivity index (χ1v) is 7.91. The van der Waals surface area contributed by atoms with E-state index in [4.69, 9.17) is 4.74 Å². The van der Waals surface area contributed by atoms with Gasteiger partial charge in [0.1, 0.15) is 5.75 Å². The maximum absolute atomic E-state index is 11.9. The Kier molecular flexibility index (Phi) is 6.32. The van der Waals surface area contributed by atoms with Crippen LogP contribution < -0.4 is 10.1 Å². The highest BCUT2D eigenvalue weighted by Gasteiger charge is 2.01. The normalized spacial score (nSPS) is 10.6. The minimum atomic E-state index is -0.225. The SMILES string of the molecule is CCCOc1ccc(C=CC(=O)Nc2ccc(C(C)=O)cc2)cc1. The van der Waals surface area contributed by atoms with Crippen LogP contribution in [-0.4, -0.2) is 18.3 Å². The molecule has 0 aromatic heterocycles. The van der Waals surface area contributed by atoms with Gasteiger partial charge in [0, 0.05) is 17.3 Å². The van der Waals surface area contributed by atoms with Gasteiger partial charge in [-0.1, -0.05) is 19.1 Å². The number of anilines is 1. The summed E-state index contributed by atoms with van der Waals surface area (Å²) < 4.78 is 5.51. The Morgan fingerprint density at radius 1 is 1.04 bits per heavy atom. The summed E-state index contributed by atoms with van der Waals surface area (Å²) in [6.07, 6.45) is 4.18. The zero-order valence-electron chi connectivity index (χ0n) is 13.9. The maximum Gasteiger partial charge on any atom is 0.248 e. The molecule has 0 saturated carbocycles. The van der Waals surface area contributed by atoms with Crippen LogP contribution in [0.5, 0.6) is 5.75 Å². The molecule has 24 heavy (non-hydrogen) atoms. The van der Waals surface area contributed by atoms with Crippen molar-refractivity contribution in [2.24, 2.45) is 0 Å². The summed E-state index contributed by atoms with van der Waals surface area (Å²) in [7, 11) is 0. The average Bonchev–Trinajstić information content (AvgIpc) is 2.59. The van der Waals surface area contributed by atoms with Gasteiger partial charge in [0.05, 0.1) is 6.61 Å². The van der Waals surface area contributed by atoms with E-state index >= 15 is 0 Å². The molecule has 0 aliphatic rings. The number of amides is 1. The zero-order valence-corrected chi connectivity index (χ0v) is 13.9. The quantitative estimate of drug-likeness (QED) is 0.609. The van der Waals surface area contributed by atoms with E-state index in [0.717, 1.165) is 17.7 Å². The third kappa shape index (κ3) is 5.39. The number of benzene rings is 2. The number of nitrogens with one attached hydrogen (secondary N) is 1. The van der Waals surface area contributed by atoms with Crippen molar-refractivity contribution in [3.05, 3.63) is 65.7 Å². The molecule has 0 atom stereocenters. The van der Waals surface area contributed by atoms with Gasteiger partial charge in [-0.15, -0.1) is 0 Å². The van der Waals surface area contributed by atoms with Gasteiger partial charge in [-0.2, -0.15) is 0 Å². The first-order chi connectivity index (χ1) is 11.6. The summed E-state index contributed by atoms with van der Waals surface area (Å²) in [6.45, 7) is 4.26. The molecule has 0 spiro atoms. The van der Waals surface area contributed by atoms with Gasteiger partial charge in [-0.3, -0.25) is 9.59 Å². The van der Waals surface area contributed by atoms with Crippen LogP contribution in [0.2, 0.25) is 0 Å². The third-order valence-electron chi connectivity index (χ3n) is 3.34. The molecule has 1 amide bonds. The molecule has 124 valence electrons. The third-order valence-corrected chi connectivity index (χ3v) is 3.34. The molecule has 0 unspecified atom stereocenters. The molecule has 0 aliphatic carbocycles. The van der Waals surface area contributed by atoms with Gasteiger partial charge in [-0.25, -0.2) is 0 Å². The summed E-state index contributed by atoms with van der Waals surface area (Å²) in [5.74, 6) is 0.597. The molecule has 4 heteroatoms. The number of Topliss-reactive ketones (excluding diaryl/α,β-unsaturated/α-hetero) is 1. The summed E-state index contributed by atoms with van der Waals surface area (Å²) in [4.78, 5) is 23.1. The predicted molar refractivity (Wildman–Crippen MR) is 96.3 cm³/mol. The minimum absolute atomic E-state index is 0.000800. The van der Waals surface area contributed by atoms with Crippen molar-refractivity contribution < 1.29 is 14.3 Å². The molecule has 2 aromatic carbocycles. The Balaban J connectivity index is 1.91. The molecule has 0 fully saturated rings. The first kappa shape index (κ1) is 17.5. The molecule has 0 radical (unpaired) electrons. The van der Waals surface area contributed by atoms with Gasteiger partial charge < -0.3 is 10.1 Å². The van der Waals surface area contributed by atoms with Gasteiger partial charge in [0.2, 0.25) is 5.91 Å². The van der Waals surface area contributed by atoms with Crippen molar-refractivity contribution in [2.45, 2.75) is 20.3 Å². The topological polar surface area (TPSA) is 55.4 Å². The van der Waals surface area contributed by atoms with Crippen LogP contribution in [-0.2, 0) is 4.79 Å². The molecule has 0 aliphatic heterocycles. The maximum atomic E-state index is 11.9. The largest absolute Gasteiger partial charge is 0.494 e. The van der Waals surface area contributed by atoms with Crippen molar-refractivity contribution >= 4 is 23.5 Å². The highest BCUT2D eigenvalue weighted by atomic mass is 16.5.